The Morgan fingerprint density at radius 3 is 2.73 bits per heavy atom. The van der Waals surface area contributed by atoms with Crippen molar-refractivity contribution < 1.29 is 14.3 Å². The highest BCUT2D eigenvalue weighted by atomic mass is 35.5. The van der Waals surface area contributed by atoms with Crippen LogP contribution >= 0.6 is 11.6 Å². The second-order valence-electron chi connectivity index (χ2n) is 6.99. The van der Waals surface area contributed by atoms with Gasteiger partial charge in [-0.3, -0.25) is 4.79 Å². The number of hydrogen-bond donors (Lipinski definition) is 0. The molecule has 1 atom stereocenters. The lowest BCUT2D eigenvalue weighted by atomic mass is 9.83. The molecule has 1 unspecified atom stereocenters. The van der Waals surface area contributed by atoms with Gasteiger partial charge in [-0.2, -0.15) is 5.26 Å². The highest BCUT2D eigenvalue weighted by molar-refractivity contribution is 6.30. The average Bonchev–Trinajstić information content (AvgIpc) is 2.75. The lowest BCUT2D eigenvalue weighted by molar-refractivity contribution is -0.139. The number of nitriles is 1. The minimum atomic E-state index is -0.476. The first kappa shape index (κ1) is 21.4. The van der Waals surface area contributed by atoms with Crippen molar-refractivity contribution in [2.45, 2.75) is 25.8 Å². The molecule has 1 aliphatic heterocycles. The van der Waals surface area contributed by atoms with Gasteiger partial charge in [-0.25, -0.2) is 4.79 Å². The largest absolute Gasteiger partial charge is 0.458 e. The molecule has 152 valence electrons. The zero-order chi connectivity index (χ0) is 21.7. The second kappa shape index (κ2) is 9.43. The molecule has 0 fully saturated rings. The first-order chi connectivity index (χ1) is 14.4. The third kappa shape index (κ3) is 4.61. The van der Waals surface area contributed by atoms with Crippen LogP contribution in [0.5, 0.6) is 0 Å². The number of nitrogens with zero attached hydrogens (tertiary/aromatic N) is 2. The predicted octanol–water partition coefficient (Wildman–Crippen LogP) is 4.73. The fraction of sp³-hybridized carbons (Fsp3) is 0.208. The average molecular weight is 421 g/mol. The third-order valence-electron chi connectivity index (χ3n) is 5.04. The molecule has 5 nitrogen and oxygen atoms in total. The van der Waals surface area contributed by atoms with Crippen LogP contribution in [0.3, 0.4) is 0 Å². The summed E-state index contributed by atoms with van der Waals surface area (Å²) in [4.78, 5) is 27.5. The number of halogens is 1. The molecule has 3 rings (SSSR count). The lowest BCUT2D eigenvalue weighted by Crippen LogP contribution is -2.38. The Labute approximate surface area is 180 Å². The van der Waals surface area contributed by atoms with Gasteiger partial charge in [-0.1, -0.05) is 48.5 Å². The van der Waals surface area contributed by atoms with Crippen molar-refractivity contribution in [1.82, 2.24) is 4.90 Å². The van der Waals surface area contributed by atoms with Crippen LogP contribution in [-0.4, -0.2) is 23.4 Å². The van der Waals surface area contributed by atoms with Crippen LogP contribution in [0, 0.1) is 11.3 Å². The maximum atomic E-state index is 13.0. The van der Waals surface area contributed by atoms with E-state index in [1.807, 2.05) is 18.2 Å². The Morgan fingerprint density at radius 1 is 1.33 bits per heavy atom. The maximum absolute atomic E-state index is 13.0. The number of ether oxygens (including phenoxy) is 1. The van der Waals surface area contributed by atoms with Crippen molar-refractivity contribution in [2.75, 3.05) is 6.61 Å². The van der Waals surface area contributed by atoms with Gasteiger partial charge in [0.2, 0.25) is 5.91 Å². The van der Waals surface area contributed by atoms with Crippen LogP contribution in [0.15, 0.2) is 72.5 Å². The normalized spacial score (nSPS) is 16.2. The quantitative estimate of drug-likeness (QED) is 0.500. The van der Waals surface area contributed by atoms with Gasteiger partial charge in [0.15, 0.2) is 0 Å². The summed E-state index contributed by atoms with van der Waals surface area (Å²) in [5, 5.41) is 9.71. The van der Waals surface area contributed by atoms with Gasteiger partial charge in [0, 0.05) is 23.1 Å². The second-order valence-corrected chi connectivity index (χ2v) is 7.42. The van der Waals surface area contributed by atoms with Gasteiger partial charge in [-0.15, -0.1) is 0 Å². The molecular weight excluding hydrogens is 400 g/mol. The molecule has 0 bridgehead atoms. The van der Waals surface area contributed by atoms with Gasteiger partial charge in [0.25, 0.3) is 0 Å². The molecule has 2 aromatic carbocycles. The molecule has 1 amide bonds. The summed E-state index contributed by atoms with van der Waals surface area (Å²) in [7, 11) is 0. The SMILES string of the molecule is C=CCOC(=O)C1=C(C)N(Cc2cccc(C#N)c2)C(=O)CC1c1ccc(Cl)cc1. The van der Waals surface area contributed by atoms with Crippen LogP contribution in [0.4, 0.5) is 0 Å². The van der Waals surface area contributed by atoms with Crippen LogP contribution in [-0.2, 0) is 20.9 Å². The van der Waals surface area contributed by atoms with Crippen LogP contribution in [0.2, 0.25) is 5.02 Å². The van der Waals surface area contributed by atoms with Gasteiger partial charge in [-0.05, 0) is 42.3 Å². The Bertz CT molecular complexity index is 1050. The number of benzene rings is 2. The number of hydrogen-bond acceptors (Lipinski definition) is 4. The number of amides is 1. The van der Waals surface area contributed by atoms with Crippen LogP contribution in [0.25, 0.3) is 0 Å². The van der Waals surface area contributed by atoms with E-state index in [0.29, 0.717) is 21.9 Å². The van der Waals surface area contributed by atoms with E-state index >= 15 is 0 Å². The third-order valence-corrected chi connectivity index (χ3v) is 5.30. The topological polar surface area (TPSA) is 70.4 Å². The van der Waals surface area contributed by atoms with Gasteiger partial charge in [0.05, 0.1) is 23.8 Å². The number of allylic oxidation sites excluding steroid dienone is 1. The van der Waals surface area contributed by atoms with E-state index in [-0.39, 0.29) is 25.5 Å². The molecule has 0 spiro atoms. The molecule has 0 saturated carbocycles. The molecule has 0 saturated heterocycles. The van der Waals surface area contributed by atoms with Crippen molar-refractivity contribution in [2.24, 2.45) is 0 Å². The Balaban J connectivity index is 2.02. The van der Waals surface area contributed by atoms with Crippen molar-refractivity contribution >= 4 is 23.5 Å². The summed E-state index contributed by atoms with van der Waals surface area (Å²) in [6, 6.07) is 16.3. The van der Waals surface area contributed by atoms with E-state index in [9.17, 15) is 9.59 Å². The fourth-order valence-electron chi connectivity index (χ4n) is 3.58. The number of esters is 1. The Kier molecular flexibility index (Phi) is 6.71. The van der Waals surface area contributed by atoms with Crippen molar-refractivity contribution in [1.29, 1.82) is 5.26 Å². The molecule has 1 heterocycles. The first-order valence-electron chi connectivity index (χ1n) is 9.48. The molecular formula is C24H21ClN2O3. The number of carbonyl (C=O) groups is 2. The minimum Gasteiger partial charge on any atom is -0.458 e. The molecule has 2 aromatic rings. The zero-order valence-corrected chi connectivity index (χ0v) is 17.4. The lowest BCUT2D eigenvalue weighted by Gasteiger charge is -2.34. The highest BCUT2D eigenvalue weighted by Crippen LogP contribution is 2.38. The number of carbonyl (C=O) groups excluding carboxylic acids is 2. The number of rotatable bonds is 6. The zero-order valence-electron chi connectivity index (χ0n) is 16.6. The summed E-state index contributed by atoms with van der Waals surface area (Å²) in [5.74, 6) is -1.00. The van der Waals surface area contributed by atoms with E-state index in [4.69, 9.17) is 21.6 Å². The molecule has 0 aliphatic carbocycles. The summed E-state index contributed by atoms with van der Waals surface area (Å²) in [5.41, 5.74) is 3.13. The summed E-state index contributed by atoms with van der Waals surface area (Å²) in [6.07, 6.45) is 1.64. The summed E-state index contributed by atoms with van der Waals surface area (Å²) in [6.45, 7) is 5.69. The van der Waals surface area contributed by atoms with Crippen molar-refractivity contribution in [3.05, 3.63) is 94.2 Å². The molecule has 0 radical (unpaired) electrons. The van der Waals surface area contributed by atoms with E-state index in [2.05, 4.69) is 12.6 Å². The van der Waals surface area contributed by atoms with Crippen LogP contribution in [0.1, 0.15) is 36.0 Å². The maximum Gasteiger partial charge on any atom is 0.336 e. The minimum absolute atomic E-state index is 0.0844. The monoisotopic (exact) mass is 420 g/mol. The smallest absolute Gasteiger partial charge is 0.336 e. The standard InChI is InChI=1S/C24H21ClN2O3/c1-3-11-30-24(29)23-16(2)27(15-18-6-4-5-17(12-18)14-26)22(28)13-21(23)19-7-9-20(25)10-8-19/h3-10,12,21H,1,11,13,15H2,2H3. The van der Waals surface area contributed by atoms with E-state index in [1.54, 1.807) is 42.2 Å². The van der Waals surface area contributed by atoms with Gasteiger partial charge >= 0.3 is 5.97 Å². The first-order valence-corrected chi connectivity index (χ1v) is 9.86. The highest BCUT2D eigenvalue weighted by Gasteiger charge is 2.36. The van der Waals surface area contributed by atoms with Crippen molar-refractivity contribution in [3.63, 3.8) is 0 Å². The molecule has 30 heavy (non-hydrogen) atoms. The Morgan fingerprint density at radius 2 is 2.07 bits per heavy atom. The molecule has 1 aliphatic rings. The van der Waals surface area contributed by atoms with E-state index < -0.39 is 11.9 Å². The van der Waals surface area contributed by atoms with E-state index in [0.717, 1.165) is 11.1 Å². The van der Waals surface area contributed by atoms with Crippen LogP contribution < -0.4 is 0 Å². The van der Waals surface area contributed by atoms with Gasteiger partial charge < -0.3 is 9.64 Å². The summed E-state index contributed by atoms with van der Waals surface area (Å²) < 4.78 is 5.32. The molecule has 6 heteroatoms. The fourth-order valence-corrected chi connectivity index (χ4v) is 3.71. The summed E-state index contributed by atoms with van der Waals surface area (Å²) >= 11 is 6.00. The van der Waals surface area contributed by atoms with Gasteiger partial charge in [0.1, 0.15) is 6.61 Å². The molecule has 0 aromatic heterocycles. The Hall–Kier alpha value is -3.36. The van der Waals surface area contributed by atoms with E-state index in [1.165, 1.54) is 6.08 Å². The predicted molar refractivity (Wildman–Crippen MR) is 114 cm³/mol. The van der Waals surface area contributed by atoms with Crippen molar-refractivity contribution in [3.8, 4) is 6.07 Å². The molecule has 0 N–H and O–H groups in total.